The van der Waals surface area contributed by atoms with Crippen molar-refractivity contribution in [3.05, 3.63) is 47.3 Å². The van der Waals surface area contributed by atoms with Crippen LogP contribution in [0.25, 0.3) is 0 Å². The standard InChI is InChI=1S/C15H17F4NO/c1-14(2,3)7-6-13(21)20-9-10-4-5-11(16)8-12(10)15(17,18)19/h4-8H,9H2,1-3H3,(H,20,21)/b7-6+. The van der Waals surface area contributed by atoms with Gasteiger partial charge < -0.3 is 5.32 Å². The molecule has 0 aliphatic heterocycles. The van der Waals surface area contributed by atoms with Crippen LogP contribution in [0.3, 0.4) is 0 Å². The Morgan fingerprint density at radius 3 is 2.38 bits per heavy atom. The second-order valence-corrected chi connectivity index (χ2v) is 5.72. The highest BCUT2D eigenvalue weighted by atomic mass is 19.4. The van der Waals surface area contributed by atoms with Crippen LogP contribution in [-0.4, -0.2) is 5.91 Å². The van der Waals surface area contributed by atoms with E-state index in [0.29, 0.717) is 6.07 Å². The molecule has 1 aromatic rings. The summed E-state index contributed by atoms with van der Waals surface area (Å²) in [6.07, 6.45) is -1.74. The van der Waals surface area contributed by atoms with Crippen molar-refractivity contribution >= 4 is 5.91 Å². The maximum Gasteiger partial charge on any atom is 0.416 e. The fourth-order valence-electron chi connectivity index (χ4n) is 1.53. The topological polar surface area (TPSA) is 29.1 Å². The lowest BCUT2D eigenvalue weighted by atomic mass is 9.96. The third-order valence-corrected chi connectivity index (χ3v) is 2.57. The van der Waals surface area contributed by atoms with E-state index in [-0.39, 0.29) is 17.5 Å². The van der Waals surface area contributed by atoms with Gasteiger partial charge in [-0.1, -0.05) is 32.9 Å². The highest BCUT2D eigenvalue weighted by Gasteiger charge is 2.33. The predicted octanol–water partition coefficient (Wildman–Crippen LogP) is 4.06. The number of alkyl halides is 3. The molecule has 0 saturated carbocycles. The molecule has 0 radical (unpaired) electrons. The van der Waals surface area contributed by atoms with E-state index in [1.165, 1.54) is 6.08 Å². The average molecular weight is 303 g/mol. The van der Waals surface area contributed by atoms with Gasteiger partial charge in [-0.25, -0.2) is 4.39 Å². The zero-order chi connectivity index (χ0) is 16.3. The summed E-state index contributed by atoms with van der Waals surface area (Å²) in [4.78, 5) is 11.5. The van der Waals surface area contributed by atoms with Crippen LogP contribution >= 0.6 is 0 Å². The molecule has 1 N–H and O–H groups in total. The Hall–Kier alpha value is -1.85. The Balaban J connectivity index is 2.81. The smallest absolute Gasteiger partial charge is 0.348 e. The molecule has 0 heterocycles. The Kier molecular flexibility index (Phi) is 5.15. The van der Waals surface area contributed by atoms with Gasteiger partial charge >= 0.3 is 6.18 Å². The molecule has 1 rings (SSSR count). The molecule has 0 fully saturated rings. The molecule has 21 heavy (non-hydrogen) atoms. The van der Waals surface area contributed by atoms with Crippen LogP contribution in [-0.2, 0) is 17.5 Å². The van der Waals surface area contributed by atoms with Crippen molar-refractivity contribution in [1.82, 2.24) is 5.32 Å². The summed E-state index contributed by atoms with van der Waals surface area (Å²) < 4.78 is 51.2. The first-order valence-electron chi connectivity index (χ1n) is 6.32. The Morgan fingerprint density at radius 2 is 1.86 bits per heavy atom. The van der Waals surface area contributed by atoms with Crippen LogP contribution in [0.4, 0.5) is 17.6 Å². The minimum Gasteiger partial charge on any atom is -0.348 e. The molecule has 2 nitrogen and oxygen atoms in total. The van der Waals surface area contributed by atoms with Crippen LogP contribution < -0.4 is 5.32 Å². The molecule has 6 heteroatoms. The van der Waals surface area contributed by atoms with Gasteiger partial charge in [0.2, 0.25) is 5.91 Å². The van der Waals surface area contributed by atoms with E-state index >= 15 is 0 Å². The molecule has 0 aliphatic rings. The van der Waals surface area contributed by atoms with Gasteiger partial charge in [-0.15, -0.1) is 0 Å². The van der Waals surface area contributed by atoms with Gasteiger partial charge in [0.25, 0.3) is 0 Å². The number of hydrogen-bond donors (Lipinski definition) is 1. The van der Waals surface area contributed by atoms with E-state index in [1.54, 1.807) is 6.08 Å². The van der Waals surface area contributed by atoms with Crippen molar-refractivity contribution in [1.29, 1.82) is 0 Å². The normalized spacial score (nSPS) is 12.7. The second-order valence-electron chi connectivity index (χ2n) is 5.72. The van der Waals surface area contributed by atoms with Crippen molar-refractivity contribution in [3.63, 3.8) is 0 Å². The van der Waals surface area contributed by atoms with E-state index < -0.39 is 23.5 Å². The summed E-state index contributed by atoms with van der Waals surface area (Å²) in [6, 6.07) is 2.38. The van der Waals surface area contributed by atoms with Crippen molar-refractivity contribution < 1.29 is 22.4 Å². The number of hydrogen-bond acceptors (Lipinski definition) is 1. The molecule has 1 amide bonds. The zero-order valence-electron chi connectivity index (χ0n) is 12.0. The summed E-state index contributed by atoms with van der Waals surface area (Å²) in [6.45, 7) is 5.35. The van der Waals surface area contributed by atoms with Gasteiger partial charge in [-0.2, -0.15) is 13.2 Å². The molecule has 0 bridgehead atoms. The number of carbonyl (C=O) groups is 1. The van der Waals surface area contributed by atoms with Crippen LogP contribution in [0.1, 0.15) is 31.9 Å². The van der Waals surface area contributed by atoms with Crippen molar-refractivity contribution in [3.8, 4) is 0 Å². The molecular weight excluding hydrogens is 286 g/mol. The number of benzene rings is 1. The first-order valence-corrected chi connectivity index (χ1v) is 6.32. The monoisotopic (exact) mass is 303 g/mol. The number of nitrogens with one attached hydrogen (secondary N) is 1. The highest BCUT2D eigenvalue weighted by molar-refractivity contribution is 5.87. The SMILES string of the molecule is CC(C)(C)/C=C/C(=O)NCc1ccc(F)cc1C(F)(F)F. The molecular formula is C15H17F4NO. The summed E-state index contributed by atoms with van der Waals surface area (Å²) in [7, 11) is 0. The number of carbonyl (C=O) groups excluding carboxylic acids is 1. The largest absolute Gasteiger partial charge is 0.416 e. The first kappa shape index (κ1) is 17.2. The lowest BCUT2D eigenvalue weighted by Gasteiger charge is -2.14. The number of amides is 1. The Labute approximate surface area is 120 Å². The lowest BCUT2D eigenvalue weighted by Crippen LogP contribution is -2.23. The van der Waals surface area contributed by atoms with Gasteiger partial charge in [0, 0.05) is 6.54 Å². The fraction of sp³-hybridized carbons (Fsp3) is 0.400. The van der Waals surface area contributed by atoms with E-state index in [1.807, 2.05) is 20.8 Å². The van der Waals surface area contributed by atoms with Gasteiger partial charge in [0.15, 0.2) is 0 Å². The minimum atomic E-state index is -4.66. The van der Waals surface area contributed by atoms with E-state index in [9.17, 15) is 22.4 Å². The molecule has 0 unspecified atom stereocenters. The van der Waals surface area contributed by atoms with Gasteiger partial charge in [-0.3, -0.25) is 4.79 Å². The lowest BCUT2D eigenvalue weighted by molar-refractivity contribution is -0.138. The molecule has 0 aromatic heterocycles. The molecule has 1 aromatic carbocycles. The summed E-state index contributed by atoms with van der Waals surface area (Å²) in [5, 5.41) is 2.36. The maximum atomic E-state index is 12.9. The first-order chi connectivity index (χ1) is 9.49. The fourth-order valence-corrected chi connectivity index (χ4v) is 1.53. The van der Waals surface area contributed by atoms with Crippen molar-refractivity contribution in [2.45, 2.75) is 33.5 Å². The molecule has 116 valence electrons. The number of halogens is 4. The van der Waals surface area contributed by atoms with Crippen LogP contribution in [0.15, 0.2) is 30.4 Å². The van der Waals surface area contributed by atoms with Crippen molar-refractivity contribution in [2.24, 2.45) is 5.41 Å². The summed E-state index contributed by atoms with van der Waals surface area (Å²) in [5.74, 6) is -1.47. The minimum absolute atomic E-state index is 0.179. The predicted molar refractivity (Wildman–Crippen MR) is 71.8 cm³/mol. The van der Waals surface area contributed by atoms with Crippen LogP contribution in [0, 0.1) is 11.2 Å². The molecule has 0 atom stereocenters. The van der Waals surface area contributed by atoms with E-state index in [2.05, 4.69) is 5.32 Å². The molecule has 0 spiro atoms. The van der Waals surface area contributed by atoms with Gasteiger partial charge in [0.1, 0.15) is 5.82 Å². The molecule has 0 aliphatic carbocycles. The maximum absolute atomic E-state index is 12.9. The summed E-state index contributed by atoms with van der Waals surface area (Å²) >= 11 is 0. The van der Waals surface area contributed by atoms with Crippen LogP contribution in [0.2, 0.25) is 0 Å². The quantitative estimate of drug-likeness (QED) is 0.662. The van der Waals surface area contributed by atoms with Gasteiger partial charge in [0.05, 0.1) is 5.56 Å². The zero-order valence-corrected chi connectivity index (χ0v) is 12.0. The number of rotatable bonds is 3. The number of allylic oxidation sites excluding steroid dienone is 1. The molecule has 0 saturated heterocycles. The average Bonchev–Trinajstić information content (AvgIpc) is 2.32. The summed E-state index contributed by atoms with van der Waals surface area (Å²) in [5.41, 5.74) is -1.46. The van der Waals surface area contributed by atoms with Crippen LogP contribution in [0.5, 0.6) is 0 Å². The third-order valence-electron chi connectivity index (χ3n) is 2.57. The Morgan fingerprint density at radius 1 is 1.24 bits per heavy atom. The third kappa shape index (κ3) is 5.97. The second kappa shape index (κ2) is 6.28. The van der Waals surface area contributed by atoms with Crippen molar-refractivity contribution in [2.75, 3.05) is 0 Å². The highest BCUT2D eigenvalue weighted by Crippen LogP contribution is 2.32. The van der Waals surface area contributed by atoms with Gasteiger partial charge in [-0.05, 0) is 29.2 Å². The Bertz CT molecular complexity index is 542. The van der Waals surface area contributed by atoms with E-state index in [4.69, 9.17) is 0 Å². The van der Waals surface area contributed by atoms with E-state index in [0.717, 1.165) is 12.1 Å².